The van der Waals surface area contributed by atoms with E-state index in [1.165, 1.54) is 14.2 Å². The molecular formula is C16H14F3NO3. The van der Waals surface area contributed by atoms with Crippen LogP contribution in [-0.4, -0.2) is 20.1 Å². The predicted octanol–water partition coefficient (Wildman–Crippen LogP) is 3.05. The number of carbonyl (C=O) groups is 1. The number of methoxy groups -OCH3 is 2. The Balaban J connectivity index is 2.12. The third-order valence-corrected chi connectivity index (χ3v) is 3.18. The van der Waals surface area contributed by atoms with E-state index in [2.05, 4.69) is 5.32 Å². The Hall–Kier alpha value is -2.70. The average molecular weight is 325 g/mol. The number of amides is 1. The summed E-state index contributed by atoms with van der Waals surface area (Å²) in [7, 11) is 2.96. The highest BCUT2D eigenvalue weighted by Gasteiger charge is 2.18. The third kappa shape index (κ3) is 3.56. The van der Waals surface area contributed by atoms with E-state index in [1.54, 1.807) is 18.2 Å². The maximum atomic E-state index is 13.5. The monoisotopic (exact) mass is 325 g/mol. The topological polar surface area (TPSA) is 47.6 Å². The molecule has 0 atom stereocenters. The van der Waals surface area contributed by atoms with Crippen LogP contribution >= 0.6 is 0 Å². The Morgan fingerprint density at radius 2 is 1.70 bits per heavy atom. The smallest absolute Gasteiger partial charge is 0.254 e. The predicted molar refractivity (Wildman–Crippen MR) is 77.0 cm³/mol. The summed E-state index contributed by atoms with van der Waals surface area (Å²) in [6, 6.07) is 6.56. The lowest BCUT2D eigenvalue weighted by Crippen LogP contribution is -2.24. The van der Waals surface area contributed by atoms with Gasteiger partial charge in [0.25, 0.3) is 5.91 Å². The summed E-state index contributed by atoms with van der Waals surface area (Å²) in [6.07, 6.45) is 0. The van der Waals surface area contributed by atoms with Crippen LogP contribution in [0, 0.1) is 17.5 Å². The van der Waals surface area contributed by atoms with Crippen LogP contribution in [-0.2, 0) is 6.54 Å². The third-order valence-electron chi connectivity index (χ3n) is 3.18. The van der Waals surface area contributed by atoms with Gasteiger partial charge in [0.15, 0.2) is 29.0 Å². The highest BCUT2D eigenvalue weighted by Crippen LogP contribution is 2.27. The van der Waals surface area contributed by atoms with Gasteiger partial charge in [0.2, 0.25) is 0 Å². The van der Waals surface area contributed by atoms with E-state index in [-0.39, 0.29) is 6.54 Å². The van der Waals surface area contributed by atoms with Gasteiger partial charge in [0.1, 0.15) is 0 Å². The molecule has 0 spiro atoms. The zero-order valence-corrected chi connectivity index (χ0v) is 12.5. The molecule has 7 heteroatoms. The van der Waals surface area contributed by atoms with Gasteiger partial charge in [-0.15, -0.1) is 0 Å². The first-order valence-electron chi connectivity index (χ1n) is 6.60. The van der Waals surface area contributed by atoms with Crippen LogP contribution in [0.15, 0.2) is 30.3 Å². The maximum absolute atomic E-state index is 13.5. The molecule has 0 bridgehead atoms. The summed E-state index contributed by atoms with van der Waals surface area (Å²) >= 11 is 0. The van der Waals surface area contributed by atoms with E-state index >= 15 is 0 Å². The summed E-state index contributed by atoms with van der Waals surface area (Å²) in [5, 5.41) is 2.43. The molecule has 0 aliphatic heterocycles. The first kappa shape index (κ1) is 16.7. The first-order valence-corrected chi connectivity index (χ1v) is 6.60. The Morgan fingerprint density at radius 1 is 1.00 bits per heavy atom. The van der Waals surface area contributed by atoms with Crippen molar-refractivity contribution < 1.29 is 27.4 Å². The van der Waals surface area contributed by atoms with Gasteiger partial charge in [-0.3, -0.25) is 4.79 Å². The first-order chi connectivity index (χ1) is 11.0. The molecule has 0 aliphatic rings. The lowest BCUT2D eigenvalue weighted by molar-refractivity contribution is 0.0945. The lowest BCUT2D eigenvalue weighted by Gasteiger charge is -2.11. The van der Waals surface area contributed by atoms with Crippen LogP contribution < -0.4 is 14.8 Å². The Labute approximate surface area is 130 Å². The molecule has 23 heavy (non-hydrogen) atoms. The van der Waals surface area contributed by atoms with Gasteiger partial charge in [-0.1, -0.05) is 6.07 Å². The molecule has 1 N–H and O–H groups in total. The largest absolute Gasteiger partial charge is 0.493 e. The SMILES string of the molecule is COc1ccc(CNC(=O)c2ccc(F)c(F)c2F)cc1OC. The number of halogens is 3. The highest BCUT2D eigenvalue weighted by molar-refractivity contribution is 5.94. The van der Waals surface area contributed by atoms with Gasteiger partial charge in [0, 0.05) is 6.54 Å². The summed E-state index contributed by atoms with van der Waals surface area (Å²) in [4.78, 5) is 11.9. The molecule has 0 fully saturated rings. The fourth-order valence-electron chi connectivity index (χ4n) is 1.97. The van der Waals surface area contributed by atoms with Crippen molar-refractivity contribution in [3.05, 3.63) is 58.9 Å². The van der Waals surface area contributed by atoms with Crippen molar-refractivity contribution in [1.29, 1.82) is 0 Å². The standard InChI is InChI=1S/C16H14F3NO3/c1-22-12-6-3-9(7-13(12)23-2)8-20-16(21)10-4-5-11(17)15(19)14(10)18/h3-7H,8H2,1-2H3,(H,20,21). The molecule has 0 unspecified atom stereocenters. The van der Waals surface area contributed by atoms with Crippen molar-refractivity contribution >= 4 is 5.91 Å². The van der Waals surface area contributed by atoms with Crippen molar-refractivity contribution in [2.75, 3.05) is 14.2 Å². The van der Waals surface area contributed by atoms with E-state index in [1.807, 2.05) is 0 Å². The number of nitrogens with one attached hydrogen (secondary N) is 1. The second-order valence-corrected chi connectivity index (χ2v) is 4.59. The number of hydrogen-bond acceptors (Lipinski definition) is 3. The number of rotatable bonds is 5. The van der Waals surface area contributed by atoms with E-state index in [9.17, 15) is 18.0 Å². The highest BCUT2D eigenvalue weighted by atomic mass is 19.2. The average Bonchev–Trinajstić information content (AvgIpc) is 2.57. The normalized spacial score (nSPS) is 10.3. The summed E-state index contributed by atoms with van der Waals surface area (Å²) in [5.74, 6) is -4.40. The quantitative estimate of drug-likeness (QED) is 0.860. The lowest BCUT2D eigenvalue weighted by atomic mass is 10.1. The van der Waals surface area contributed by atoms with Gasteiger partial charge in [0.05, 0.1) is 19.8 Å². The number of benzene rings is 2. The second-order valence-electron chi connectivity index (χ2n) is 4.59. The second kappa shape index (κ2) is 7.04. The fourth-order valence-corrected chi connectivity index (χ4v) is 1.97. The summed E-state index contributed by atoms with van der Waals surface area (Å²) in [6.45, 7) is 0.0532. The molecule has 2 aromatic rings. The van der Waals surface area contributed by atoms with Crippen molar-refractivity contribution in [1.82, 2.24) is 5.32 Å². The minimum Gasteiger partial charge on any atom is -0.493 e. The summed E-state index contributed by atoms with van der Waals surface area (Å²) in [5.41, 5.74) is 0.100. The zero-order chi connectivity index (χ0) is 17.0. The Kier molecular flexibility index (Phi) is 5.10. The number of ether oxygens (including phenoxy) is 2. The fraction of sp³-hybridized carbons (Fsp3) is 0.188. The molecule has 2 rings (SSSR count). The molecule has 0 aromatic heterocycles. The van der Waals surface area contributed by atoms with Crippen LogP contribution in [0.2, 0.25) is 0 Å². The van der Waals surface area contributed by atoms with Crippen LogP contribution in [0.4, 0.5) is 13.2 Å². The van der Waals surface area contributed by atoms with E-state index in [0.29, 0.717) is 23.1 Å². The molecule has 0 saturated carbocycles. The Bertz CT molecular complexity index is 735. The van der Waals surface area contributed by atoms with Crippen LogP contribution in [0.25, 0.3) is 0 Å². The Morgan fingerprint density at radius 3 is 2.35 bits per heavy atom. The van der Waals surface area contributed by atoms with Gasteiger partial charge in [-0.05, 0) is 29.8 Å². The van der Waals surface area contributed by atoms with Crippen molar-refractivity contribution in [2.24, 2.45) is 0 Å². The molecular weight excluding hydrogens is 311 g/mol. The molecule has 4 nitrogen and oxygen atoms in total. The number of hydrogen-bond donors (Lipinski definition) is 1. The molecule has 1 amide bonds. The minimum absolute atomic E-state index is 0.0532. The van der Waals surface area contributed by atoms with Gasteiger partial charge in [-0.25, -0.2) is 13.2 Å². The van der Waals surface area contributed by atoms with Crippen LogP contribution in [0.1, 0.15) is 15.9 Å². The van der Waals surface area contributed by atoms with Gasteiger partial charge < -0.3 is 14.8 Å². The van der Waals surface area contributed by atoms with Crippen molar-refractivity contribution in [3.8, 4) is 11.5 Å². The van der Waals surface area contributed by atoms with Crippen LogP contribution in [0.3, 0.4) is 0 Å². The van der Waals surface area contributed by atoms with Crippen molar-refractivity contribution in [2.45, 2.75) is 6.54 Å². The van der Waals surface area contributed by atoms with E-state index in [0.717, 1.165) is 6.07 Å². The zero-order valence-electron chi connectivity index (χ0n) is 12.5. The molecule has 0 radical (unpaired) electrons. The van der Waals surface area contributed by atoms with E-state index in [4.69, 9.17) is 9.47 Å². The van der Waals surface area contributed by atoms with E-state index < -0.39 is 28.9 Å². The molecule has 2 aromatic carbocycles. The van der Waals surface area contributed by atoms with Crippen LogP contribution in [0.5, 0.6) is 11.5 Å². The minimum atomic E-state index is -1.68. The van der Waals surface area contributed by atoms with Gasteiger partial charge >= 0.3 is 0 Å². The van der Waals surface area contributed by atoms with Gasteiger partial charge in [-0.2, -0.15) is 0 Å². The maximum Gasteiger partial charge on any atom is 0.254 e. The summed E-state index contributed by atoms with van der Waals surface area (Å²) < 4.78 is 49.8. The molecule has 122 valence electrons. The number of carbonyl (C=O) groups excluding carboxylic acids is 1. The van der Waals surface area contributed by atoms with Crippen molar-refractivity contribution in [3.63, 3.8) is 0 Å². The molecule has 0 heterocycles. The molecule has 0 saturated heterocycles. The molecule has 0 aliphatic carbocycles.